The summed E-state index contributed by atoms with van der Waals surface area (Å²) in [5.74, 6) is 0. The SMILES string of the molecule is CC(Cl)C(=S)N(N=C=O)c1ccccc1. The summed E-state index contributed by atoms with van der Waals surface area (Å²) >= 11 is 10.9. The number of halogens is 1. The molecular formula is C10H9ClN2OS. The Hall–Kier alpha value is -1.22. The van der Waals surface area contributed by atoms with Crippen LogP contribution < -0.4 is 5.01 Å². The summed E-state index contributed by atoms with van der Waals surface area (Å²) in [6.45, 7) is 1.72. The van der Waals surface area contributed by atoms with Crippen molar-refractivity contribution in [2.75, 3.05) is 5.01 Å². The Kier molecular flexibility index (Phi) is 4.43. The molecule has 15 heavy (non-hydrogen) atoms. The third-order valence-corrected chi connectivity index (χ3v) is 2.55. The van der Waals surface area contributed by atoms with Gasteiger partial charge in [0.05, 0.1) is 11.1 Å². The molecule has 0 bridgehead atoms. The predicted molar refractivity (Wildman–Crippen MR) is 65.0 cm³/mol. The molecule has 5 heteroatoms. The van der Waals surface area contributed by atoms with Crippen molar-refractivity contribution >= 4 is 40.6 Å². The lowest BCUT2D eigenvalue weighted by Gasteiger charge is -2.18. The first kappa shape index (κ1) is 11.9. The summed E-state index contributed by atoms with van der Waals surface area (Å²) < 4.78 is 0. The molecule has 1 aromatic carbocycles. The molecule has 0 aromatic heterocycles. The molecule has 0 aliphatic carbocycles. The summed E-state index contributed by atoms with van der Waals surface area (Å²) in [4.78, 5) is 10.6. The van der Waals surface area contributed by atoms with E-state index >= 15 is 0 Å². The minimum Gasteiger partial charge on any atom is -0.214 e. The highest BCUT2D eigenvalue weighted by Crippen LogP contribution is 2.17. The highest BCUT2D eigenvalue weighted by molar-refractivity contribution is 7.80. The van der Waals surface area contributed by atoms with Gasteiger partial charge >= 0.3 is 0 Å². The van der Waals surface area contributed by atoms with Gasteiger partial charge in [0, 0.05) is 0 Å². The van der Waals surface area contributed by atoms with Crippen molar-refractivity contribution < 1.29 is 4.79 Å². The van der Waals surface area contributed by atoms with Crippen molar-refractivity contribution in [3.05, 3.63) is 30.3 Å². The van der Waals surface area contributed by atoms with Crippen LogP contribution in [0.1, 0.15) is 6.92 Å². The normalized spacial score (nSPS) is 11.3. The molecular weight excluding hydrogens is 232 g/mol. The highest BCUT2D eigenvalue weighted by atomic mass is 35.5. The summed E-state index contributed by atoms with van der Waals surface area (Å²) in [7, 11) is 0. The smallest absolute Gasteiger partial charge is 0.214 e. The van der Waals surface area contributed by atoms with Crippen LogP contribution in [0.5, 0.6) is 0 Å². The second kappa shape index (κ2) is 5.61. The molecule has 0 spiro atoms. The third kappa shape index (κ3) is 3.13. The molecule has 0 saturated heterocycles. The first-order valence-corrected chi connectivity index (χ1v) is 5.12. The molecule has 78 valence electrons. The van der Waals surface area contributed by atoms with Crippen molar-refractivity contribution in [2.24, 2.45) is 5.10 Å². The zero-order valence-corrected chi connectivity index (χ0v) is 9.63. The van der Waals surface area contributed by atoms with E-state index in [1.807, 2.05) is 18.2 Å². The Morgan fingerprint density at radius 2 is 2.13 bits per heavy atom. The van der Waals surface area contributed by atoms with Crippen LogP contribution in [0.2, 0.25) is 0 Å². The number of alkyl halides is 1. The maximum atomic E-state index is 10.3. The van der Waals surface area contributed by atoms with Gasteiger partial charge in [-0.25, -0.2) is 9.80 Å². The number of hydrogen-bond donors (Lipinski definition) is 0. The van der Waals surface area contributed by atoms with Crippen molar-refractivity contribution in [3.8, 4) is 0 Å². The second-order valence-electron chi connectivity index (χ2n) is 2.79. The molecule has 0 heterocycles. The number of hydrazone groups is 1. The zero-order valence-electron chi connectivity index (χ0n) is 8.05. The molecule has 0 aliphatic heterocycles. The Labute approximate surface area is 98.3 Å². The fraction of sp³-hybridized carbons (Fsp3) is 0.200. The van der Waals surface area contributed by atoms with E-state index in [1.165, 1.54) is 11.1 Å². The van der Waals surface area contributed by atoms with Gasteiger partial charge in [-0.2, -0.15) is 0 Å². The Bertz CT molecular complexity index is 388. The number of benzene rings is 1. The number of hydrogen-bond acceptors (Lipinski definition) is 3. The summed E-state index contributed by atoms with van der Waals surface area (Å²) in [5.41, 5.74) is 0.693. The minimum atomic E-state index is -0.377. The second-order valence-corrected chi connectivity index (χ2v) is 3.87. The standard InChI is InChI=1S/C10H9ClN2OS/c1-8(11)10(15)13(12-7-14)9-5-3-2-4-6-9/h2-6,8H,1H3. The Morgan fingerprint density at radius 1 is 1.53 bits per heavy atom. The molecule has 3 nitrogen and oxygen atoms in total. The maximum absolute atomic E-state index is 10.3. The van der Waals surface area contributed by atoms with Gasteiger partial charge in [0.15, 0.2) is 0 Å². The summed E-state index contributed by atoms with van der Waals surface area (Å²) in [6, 6.07) is 9.08. The average Bonchev–Trinajstić information content (AvgIpc) is 2.26. The fourth-order valence-corrected chi connectivity index (χ4v) is 1.25. The van der Waals surface area contributed by atoms with Crippen LogP contribution in [0.3, 0.4) is 0 Å². The van der Waals surface area contributed by atoms with Crippen molar-refractivity contribution in [3.63, 3.8) is 0 Å². The van der Waals surface area contributed by atoms with E-state index in [0.29, 0.717) is 10.7 Å². The van der Waals surface area contributed by atoms with Gasteiger partial charge in [0.1, 0.15) is 4.99 Å². The van der Waals surface area contributed by atoms with Gasteiger partial charge in [-0.1, -0.05) is 35.5 Å². The molecule has 0 N–H and O–H groups in total. The topological polar surface area (TPSA) is 32.7 Å². The largest absolute Gasteiger partial charge is 0.259 e. The van der Waals surface area contributed by atoms with Crippen LogP contribution in [-0.4, -0.2) is 16.4 Å². The number of carbonyl (C=O) groups excluding carboxylic acids is 1. The monoisotopic (exact) mass is 240 g/mol. The maximum Gasteiger partial charge on any atom is 0.259 e. The Balaban J connectivity index is 3.04. The molecule has 0 aliphatic rings. The number of rotatable bonds is 3. The first-order chi connectivity index (χ1) is 7.16. The molecule has 0 fully saturated rings. The van der Waals surface area contributed by atoms with Gasteiger partial charge in [0.25, 0.3) is 6.08 Å². The number of para-hydroxylation sites is 1. The van der Waals surface area contributed by atoms with E-state index in [4.69, 9.17) is 23.8 Å². The van der Waals surface area contributed by atoms with E-state index in [-0.39, 0.29) is 5.38 Å². The minimum absolute atomic E-state index is 0.367. The van der Waals surface area contributed by atoms with Crippen LogP contribution in [0.4, 0.5) is 5.69 Å². The van der Waals surface area contributed by atoms with Crippen molar-refractivity contribution in [1.29, 1.82) is 0 Å². The molecule has 1 aromatic rings. The van der Waals surface area contributed by atoms with E-state index in [9.17, 15) is 4.79 Å². The van der Waals surface area contributed by atoms with Gasteiger partial charge in [-0.3, -0.25) is 0 Å². The molecule has 0 amide bonds. The van der Waals surface area contributed by atoms with Crippen molar-refractivity contribution in [1.82, 2.24) is 0 Å². The number of isocyanates is 1. The lowest BCUT2D eigenvalue weighted by atomic mass is 10.3. The number of thiocarbonyl (C=S) groups is 1. The van der Waals surface area contributed by atoms with Crippen LogP contribution in [0.15, 0.2) is 35.4 Å². The summed E-state index contributed by atoms with van der Waals surface area (Å²) in [6.07, 6.45) is 1.46. The van der Waals surface area contributed by atoms with Crippen LogP contribution in [-0.2, 0) is 4.79 Å². The van der Waals surface area contributed by atoms with E-state index in [0.717, 1.165) is 0 Å². The Morgan fingerprint density at radius 3 is 2.60 bits per heavy atom. The van der Waals surface area contributed by atoms with Gasteiger partial charge in [-0.05, 0) is 19.1 Å². The third-order valence-electron chi connectivity index (χ3n) is 1.69. The zero-order chi connectivity index (χ0) is 11.3. The van der Waals surface area contributed by atoms with Crippen LogP contribution in [0, 0.1) is 0 Å². The molecule has 1 unspecified atom stereocenters. The molecule has 1 atom stereocenters. The van der Waals surface area contributed by atoms with E-state index in [1.54, 1.807) is 19.1 Å². The van der Waals surface area contributed by atoms with Crippen LogP contribution in [0.25, 0.3) is 0 Å². The van der Waals surface area contributed by atoms with Crippen LogP contribution >= 0.6 is 23.8 Å². The lowest BCUT2D eigenvalue weighted by Crippen LogP contribution is -2.29. The molecule has 0 radical (unpaired) electrons. The van der Waals surface area contributed by atoms with Gasteiger partial charge < -0.3 is 0 Å². The number of anilines is 1. The van der Waals surface area contributed by atoms with Gasteiger partial charge in [0.2, 0.25) is 0 Å². The first-order valence-electron chi connectivity index (χ1n) is 4.27. The molecule has 1 rings (SSSR count). The van der Waals surface area contributed by atoms with E-state index < -0.39 is 0 Å². The quantitative estimate of drug-likeness (QED) is 0.268. The summed E-state index contributed by atoms with van der Waals surface area (Å²) in [5, 5.41) is 4.45. The lowest BCUT2D eigenvalue weighted by molar-refractivity contribution is 0.563. The van der Waals surface area contributed by atoms with E-state index in [2.05, 4.69) is 5.10 Å². The average molecular weight is 241 g/mol. The molecule has 0 saturated carbocycles. The fourth-order valence-electron chi connectivity index (χ4n) is 1.01. The predicted octanol–water partition coefficient (Wildman–Crippen LogP) is 2.70. The van der Waals surface area contributed by atoms with Crippen molar-refractivity contribution in [2.45, 2.75) is 12.3 Å². The van der Waals surface area contributed by atoms with Gasteiger partial charge in [-0.15, -0.1) is 11.6 Å². The highest BCUT2D eigenvalue weighted by Gasteiger charge is 2.15. The number of nitrogens with zero attached hydrogens (tertiary/aromatic N) is 2.